The van der Waals surface area contributed by atoms with Gasteiger partial charge in [0.25, 0.3) is 0 Å². The van der Waals surface area contributed by atoms with Crippen molar-refractivity contribution in [2.75, 3.05) is 0 Å². The van der Waals surface area contributed by atoms with Gasteiger partial charge in [-0.15, -0.1) is 0 Å². The molecule has 0 fully saturated rings. The molecule has 2 nitrogen and oxygen atoms in total. The minimum atomic E-state index is 0. The Labute approximate surface area is 51.5 Å². The van der Waals surface area contributed by atoms with E-state index in [1.807, 2.05) is 0 Å². The quantitative estimate of drug-likeness (QED) is 0.569. The average Bonchev–Trinajstić information content (AvgIpc) is 1.76. The van der Waals surface area contributed by atoms with E-state index in [1.54, 1.807) is 18.7 Å². The number of aromatic amines is 1. The van der Waals surface area contributed by atoms with Crippen molar-refractivity contribution in [1.82, 2.24) is 9.97 Å². The van der Waals surface area contributed by atoms with E-state index in [0.717, 1.165) is 0 Å². The number of imidazole rings is 1. The van der Waals surface area contributed by atoms with Gasteiger partial charge in [0.15, 0.2) is 0 Å². The fourth-order valence-electron chi connectivity index (χ4n) is 0.215. The molecule has 0 saturated heterocycles. The van der Waals surface area contributed by atoms with Crippen molar-refractivity contribution in [3.05, 3.63) is 18.7 Å². The number of H-pyrrole nitrogens is 1. The topological polar surface area (TPSA) is 28.7 Å². The van der Waals surface area contributed by atoms with Crippen LogP contribution >= 0.6 is 0 Å². The maximum Gasteiger partial charge on any atom is 0.0919 e. The number of hydrogen-bond donors (Lipinski definition) is 1. The number of aromatic nitrogens is 2. The minimum Gasteiger partial charge on any atom is -0.351 e. The molecule has 0 aliphatic heterocycles. The Morgan fingerprint density at radius 2 is 2.33 bits per heavy atom. The van der Waals surface area contributed by atoms with Crippen LogP contribution in [0.5, 0.6) is 0 Å². The van der Waals surface area contributed by atoms with Crippen molar-refractivity contribution < 1.29 is 22.4 Å². The van der Waals surface area contributed by atoms with Crippen molar-refractivity contribution in [2.24, 2.45) is 0 Å². The van der Waals surface area contributed by atoms with Gasteiger partial charge in [-0.3, -0.25) is 0 Å². The molecule has 0 saturated carbocycles. The van der Waals surface area contributed by atoms with E-state index in [4.69, 9.17) is 0 Å². The third-order valence-corrected chi connectivity index (χ3v) is 0.406. The summed E-state index contributed by atoms with van der Waals surface area (Å²) in [6.45, 7) is 0. The summed E-state index contributed by atoms with van der Waals surface area (Å²) in [6.07, 6.45) is 5.08. The predicted molar refractivity (Wildman–Crippen MR) is 18.6 cm³/mol. The summed E-state index contributed by atoms with van der Waals surface area (Å²) in [5.41, 5.74) is 0. The zero-order valence-electron chi connectivity index (χ0n) is 2.98. The summed E-state index contributed by atoms with van der Waals surface area (Å²) in [5.74, 6) is 0. The van der Waals surface area contributed by atoms with Gasteiger partial charge in [-0.1, -0.05) is 0 Å². The first kappa shape index (κ1) is 5.95. The number of nitrogens with zero attached hydrogens (tertiary/aromatic N) is 1. The third-order valence-electron chi connectivity index (χ3n) is 0.406. The van der Waals surface area contributed by atoms with Gasteiger partial charge in [0.1, 0.15) is 0 Å². The third kappa shape index (κ3) is 1.40. The molecule has 0 aliphatic carbocycles. The molecule has 1 N–H and O–H groups in total. The molecule has 0 bridgehead atoms. The molecule has 0 aliphatic rings. The van der Waals surface area contributed by atoms with Crippen molar-refractivity contribution in [3.63, 3.8) is 0 Å². The Morgan fingerprint density at radius 3 is 2.50 bits per heavy atom. The zero-order chi connectivity index (χ0) is 3.54. The summed E-state index contributed by atoms with van der Waals surface area (Å²) in [6, 6.07) is 0. The van der Waals surface area contributed by atoms with Gasteiger partial charge < -0.3 is 4.98 Å². The first-order valence-corrected chi connectivity index (χ1v) is 1.43. The van der Waals surface area contributed by atoms with E-state index < -0.39 is 0 Å². The van der Waals surface area contributed by atoms with E-state index in [2.05, 4.69) is 9.97 Å². The van der Waals surface area contributed by atoms with E-state index in [0.29, 0.717) is 0 Å². The summed E-state index contributed by atoms with van der Waals surface area (Å²) in [7, 11) is 0. The van der Waals surface area contributed by atoms with Gasteiger partial charge in [0.2, 0.25) is 0 Å². The first-order chi connectivity index (χ1) is 2.50. The second-order valence-electron chi connectivity index (χ2n) is 0.761. The Bertz CT molecular complexity index is 65.3. The van der Waals surface area contributed by atoms with Crippen molar-refractivity contribution in [2.45, 2.75) is 0 Å². The van der Waals surface area contributed by atoms with Crippen LogP contribution < -0.4 is 0 Å². The Morgan fingerprint density at radius 1 is 1.50 bits per heavy atom. The standard InChI is InChI=1S/C3H4N2.Ag/c1-2-5-3-4-1;/h1-3H,(H,4,5);. The molecule has 0 spiro atoms. The molecule has 1 aromatic heterocycles. The maximum atomic E-state index is 3.67. The van der Waals surface area contributed by atoms with Crippen LogP contribution in [0.4, 0.5) is 0 Å². The maximum absolute atomic E-state index is 3.67. The molecule has 3 heteroatoms. The average molecular weight is 176 g/mol. The van der Waals surface area contributed by atoms with Crippen LogP contribution in [0.15, 0.2) is 18.7 Å². The molecular formula is C3H4AgN2. The fourth-order valence-corrected chi connectivity index (χ4v) is 0.215. The zero-order valence-corrected chi connectivity index (χ0v) is 4.46. The van der Waals surface area contributed by atoms with Gasteiger partial charge >= 0.3 is 0 Å². The van der Waals surface area contributed by atoms with E-state index in [9.17, 15) is 0 Å². The van der Waals surface area contributed by atoms with Gasteiger partial charge in [0, 0.05) is 34.8 Å². The molecule has 1 aromatic rings. The van der Waals surface area contributed by atoms with Crippen LogP contribution in [0.3, 0.4) is 0 Å². The monoisotopic (exact) mass is 175 g/mol. The summed E-state index contributed by atoms with van der Waals surface area (Å²) >= 11 is 0. The molecule has 37 valence electrons. The van der Waals surface area contributed by atoms with E-state index in [1.165, 1.54) is 0 Å². The largest absolute Gasteiger partial charge is 0.351 e. The minimum absolute atomic E-state index is 0. The normalized spacial score (nSPS) is 6.67. The molecule has 0 amide bonds. The molecule has 0 unspecified atom stereocenters. The molecule has 0 aromatic carbocycles. The molecular weight excluding hydrogens is 172 g/mol. The van der Waals surface area contributed by atoms with Crippen LogP contribution in [-0.4, -0.2) is 9.97 Å². The van der Waals surface area contributed by atoms with Gasteiger partial charge in [-0.05, 0) is 0 Å². The second-order valence-corrected chi connectivity index (χ2v) is 0.761. The SMILES string of the molecule is [Ag].c1c[nH]cn1. The van der Waals surface area contributed by atoms with Crippen molar-refractivity contribution >= 4 is 0 Å². The predicted octanol–water partition coefficient (Wildman–Crippen LogP) is 0.407. The van der Waals surface area contributed by atoms with Gasteiger partial charge in [-0.2, -0.15) is 0 Å². The van der Waals surface area contributed by atoms with Crippen LogP contribution in [0, 0.1) is 0 Å². The number of nitrogens with one attached hydrogen (secondary N) is 1. The molecule has 1 radical (unpaired) electrons. The van der Waals surface area contributed by atoms with Crippen LogP contribution in [0.1, 0.15) is 0 Å². The van der Waals surface area contributed by atoms with Gasteiger partial charge in [-0.25, -0.2) is 4.98 Å². The van der Waals surface area contributed by atoms with Crippen LogP contribution in [0.25, 0.3) is 0 Å². The van der Waals surface area contributed by atoms with Crippen molar-refractivity contribution in [1.29, 1.82) is 0 Å². The number of rotatable bonds is 0. The Balaban J connectivity index is 0.000000250. The summed E-state index contributed by atoms with van der Waals surface area (Å²) in [5, 5.41) is 0. The smallest absolute Gasteiger partial charge is 0.0919 e. The van der Waals surface area contributed by atoms with Crippen LogP contribution in [0.2, 0.25) is 0 Å². The number of hydrogen-bond acceptors (Lipinski definition) is 1. The van der Waals surface area contributed by atoms with Gasteiger partial charge in [0.05, 0.1) is 6.33 Å². The molecule has 6 heavy (non-hydrogen) atoms. The first-order valence-electron chi connectivity index (χ1n) is 1.43. The molecule has 1 heterocycles. The van der Waals surface area contributed by atoms with E-state index >= 15 is 0 Å². The van der Waals surface area contributed by atoms with Crippen LogP contribution in [-0.2, 0) is 22.4 Å². The van der Waals surface area contributed by atoms with E-state index in [-0.39, 0.29) is 22.4 Å². The fraction of sp³-hybridized carbons (Fsp3) is 0. The second kappa shape index (κ2) is 3.15. The van der Waals surface area contributed by atoms with Crippen molar-refractivity contribution in [3.8, 4) is 0 Å². The summed E-state index contributed by atoms with van der Waals surface area (Å²) in [4.78, 5) is 6.42. The summed E-state index contributed by atoms with van der Waals surface area (Å²) < 4.78 is 0. The Hall–Kier alpha value is -0.0497. The molecule has 1 rings (SSSR count). The Kier molecular flexibility index (Phi) is 3.13. The molecule has 0 atom stereocenters.